The number of urea groups is 1. The van der Waals surface area contributed by atoms with Crippen molar-refractivity contribution in [1.29, 1.82) is 0 Å². The van der Waals surface area contributed by atoms with Gasteiger partial charge in [-0.2, -0.15) is 0 Å². The van der Waals surface area contributed by atoms with Crippen LogP contribution in [0.5, 0.6) is 11.5 Å². The number of para-hydroxylation sites is 1. The van der Waals surface area contributed by atoms with Crippen LogP contribution in [0.2, 0.25) is 0 Å². The molecule has 0 aliphatic carbocycles. The van der Waals surface area contributed by atoms with E-state index in [0.717, 1.165) is 10.6 Å². The lowest BCUT2D eigenvalue weighted by Crippen LogP contribution is -2.22. The summed E-state index contributed by atoms with van der Waals surface area (Å²) < 4.78 is 11.1. The highest BCUT2D eigenvalue weighted by molar-refractivity contribution is 8.00. The van der Waals surface area contributed by atoms with Gasteiger partial charge in [0.2, 0.25) is 5.91 Å². The number of amides is 3. The van der Waals surface area contributed by atoms with Crippen molar-refractivity contribution >= 4 is 40.8 Å². The summed E-state index contributed by atoms with van der Waals surface area (Å²) in [6, 6.07) is 21.6. The van der Waals surface area contributed by atoms with Crippen molar-refractivity contribution in [3.05, 3.63) is 72.8 Å². The fourth-order valence-electron chi connectivity index (χ4n) is 3.05. The average Bonchev–Trinajstić information content (AvgIpc) is 2.81. The van der Waals surface area contributed by atoms with Crippen molar-refractivity contribution in [1.82, 2.24) is 0 Å². The van der Waals surface area contributed by atoms with Crippen LogP contribution < -0.4 is 25.4 Å². The first-order valence-electron chi connectivity index (χ1n) is 10.2. The molecule has 0 spiro atoms. The number of hydrogen-bond donors (Lipinski definition) is 3. The molecule has 164 valence electrons. The molecule has 7 nitrogen and oxygen atoms in total. The molecule has 4 rings (SSSR count). The van der Waals surface area contributed by atoms with Gasteiger partial charge in [-0.3, -0.25) is 4.79 Å². The van der Waals surface area contributed by atoms with E-state index in [1.54, 1.807) is 30.3 Å². The Labute approximate surface area is 190 Å². The molecule has 3 aromatic rings. The molecule has 3 amide bonds. The molecular formula is C24H23N3O4S. The fraction of sp³-hybridized carbons (Fsp3) is 0.167. The Balaban J connectivity index is 1.29. The van der Waals surface area contributed by atoms with Crippen molar-refractivity contribution in [3.63, 3.8) is 0 Å². The Morgan fingerprint density at radius 1 is 0.781 bits per heavy atom. The monoisotopic (exact) mass is 449 g/mol. The molecule has 1 aliphatic rings. The summed E-state index contributed by atoms with van der Waals surface area (Å²) in [5.41, 5.74) is 2.04. The minimum Gasteiger partial charge on any atom is -0.486 e. The van der Waals surface area contributed by atoms with Crippen molar-refractivity contribution in [2.75, 3.05) is 29.2 Å². The number of hydrogen-bond acceptors (Lipinski definition) is 5. The maximum Gasteiger partial charge on any atom is 0.323 e. The van der Waals surface area contributed by atoms with E-state index in [2.05, 4.69) is 16.0 Å². The Bertz CT molecular complexity index is 1090. The number of carbonyl (C=O) groups excluding carboxylic acids is 2. The van der Waals surface area contributed by atoms with Gasteiger partial charge in [-0.05, 0) is 55.5 Å². The lowest BCUT2D eigenvalue weighted by atomic mass is 10.2. The molecule has 1 atom stereocenters. The lowest BCUT2D eigenvalue weighted by molar-refractivity contribution is -0.115. The third-order valence-electron chi connectivity index (χ3n) is 4.64. The van der Waals surface area contributed by atoms with Crippen LogP contribution in [0.3, 0.4) is 0 Å². The van der Waals surface area contributed by atoms with E-state index in [9.17, 15) is 9.59 Å². The van der Waals surface area contributed by atoms with Crippen LogP contribution >= 0.6 is 11.8 Å². The molecule has 1 aliphatic heterocycles. The van der Waals surface area contributed by atoms with Crippen molar-refractivity contribution in [2.45, 2.75) is 17.1 Å². The number of nitrogens with one attached hydrogen (secondary N) is 3. The summed E-state index contributed by atoms with van der Waals surface area (Å²) in [6.07, 6.45) is 0. The van der Waals surface area contributed by atoms with Crippen LogP contribution in [0.25, 0.3) is 0 Å². The summed E-state index contributed by atoms with van der Waals surface area (Å²) >= 11 is 1.43. The highest BCUT2D eigenvalue weighted by atomic mass is 32.2. The number of benzene rings is 3. The summed E-state index contributed by atoms with van der Waals surface area (Å²) in [5.74, 6) is 1.20. The van der Waals surface area contributed by atoms with E-state index in [-0.39, 0.29) is 17.2 Å². The maximum absolute atomic E-state index is 12.6. The van der Waals surface area contributed by atoms with E-state index in [1.165, 1.54) is 11.8 Å². The van der Waals surface area contributed by atoms with Gasteiger partial charge in [0, 0.05) is 28.0 Å². The second-order valence-electron chi connectivity index (χ2n) is 7.08. The fourth-order valence-corrected chi connectivity index (χ4v) is 3.92. The molecule has 0 saturated carbocycles. The summed E-state index contributed by atoms with van der Waals surface area (Å²) in [7, 11) is 0. The summed E-state index contributed by atoms with van der Waals surface area (Å²) in [5, 5.41) is 8.16. The molecule has 0 radical (unpaired) electrons. The highest BCUT2D eigenvalue weighted by Gasteiger charge is 2.17. The Morgan fingerprint density at radius 2 is 1.41 bits per heavy atom. The van der Waals surface area contributed by atoms with Gasteiger partial charge in [-0.1, -0.05) is 18.2 Å². The third kappa shape index (κ3) is 5.73. The minimum absolute atomic E-state index is 0.115. The molecule has 0 fully saturated rings. The maximum atomic E-state index is 12.6. The standard InChI is InChI=1S/C24H23N3O4S/c1-16(23(28)25-19-9-12-21-22(15-19)31-14-13-30-21)32-20-10-7-18(8-11-20)27-24(29)26-17-5-3-2-4-6-17/h2-12,15-16H,13-14H2,1H3,(H,25,28)(H2,26,27,29). The first-order valence-corrected chi connectivity index (χ1v) is 11.0. The average molecular weight is 450 g/mol. The topological polar surface area (TPSA) is 88.7 Å². The van der Waals surface area contributed by atoms with Crippen LogP contribution in [-0.2, 0) is 4.79 Å². The largest absolute Gasteiger partial charge is 0.486 e. The van der Waals surface area contributed by atoms with E-state index in [0.29, 0.717) is 36.1 Å². The number of carbonyl (C=O) groups is 2. The van der Waals surface area contributed by atoms with Crippen LogP contribution in [0.1, 0.15) is 6.92 Å². The molecule has 3 aromatic carbocycles. The van der Waals surface area contributed by atoms with Gasteiger partial charge in [-0.15, -0.1) is 11.8 Å². The number of anilines is 3. The summed E-state index contributed by atoms with van der Waals surface area (Å²) in [4.78, 5) is 25.6. The van der Waals surface area contributed by atoms with Crippen LogP contribution in [0.15, 0.2) is 77.7 Å². The molecule has 32 heavy (non-hydrogen) atoms. The molecule has 1 unspecified atom stereocenters. The molecule has 8 heteroatoms. The zero-order valence-corrected chi connectivity index (χ0v) is 18.3. The van der Waals surface area contributed by atoms with Crippen molar-refractivity contribution in [3.8, 4) is 11.5 Å². The van der Waals surface area contributed by atoms with E-state index >= 15 is 0 Å². The van der Waals surface area contributed by atoms with Crippen molar-refractivity contribution in [2.24, 2.45) is 0 Å². The molecular weight excluding hydrogens is 426 g/mol. The highest BCUT2D eigenvalue weighted by Crippen LogP contribution is 2.33. The SMILES string of the molecule is CC(Sc1ccc(NC(=O)Nc2ccccc2)cc1)C(=O)Nc1ccc2c(c1)OCCO2. The van der Waals surface area contributed by atoms with Gasteiger partial charge in [0.25, 0.3) is 0 Å². The second-order valence-corrected chi connectivity index (χ2v) is 8.49. The van der Waals surface area contributed by atoms with Gasteiger partial charge in [0.1, 0.15) is 13.2 Å². The first kappa shape index (κ1) is 21.6. The second kappa shape index (κ2) is 10.1. The predicted octanol–water partition coefficient (Wildman–Crippen LogP) is 5.22. The number of ether oxygens (including phenoxy) is 2. The van der Waals surface area contributed by atoms with E-state index in [1.807, 2.05) is 49.4 Å². The normalized spacial score (nSPS) is 13.0. The number of rotatable bonds is 6. The molecule has 3 N–H and O–H groups in total. The van der Waals surface area contributed by atoms with Gasteiger partial charge in [0.05, 0.1) is 5.25 Å². The molecule has 0 aromatic heterocycles. The zero-order chi connectivity index (χ0) is 22.3. The Kier molecular flexibility index (Phi) is 6.81. The van der Waals surface area contributed by atoms with Crippen molar-refractivity contribution < 1.29 is 19.1 Å². The lowest BCUT2D eigenvalue weighted by Gasteiger charge is -2.19. The minimum atomic E-state index is -0.316. The molecule has 0 saturated heterocycles. The molecule has 1 heterocycles. The smallest absolute Gasteiger partial charge is 0.323 e. The molecule has 0 bridgehead atoms. The Hall–Kier alpha value is -3.65. The van der Waals surface area contributed by atoms with Crippen LogP contribution in [-0.4, -0.2) is 30.4 Å². The number of thioether (sulfide) groups is 1. The van der Waals surface area contributed by atoms with E-state index < -0.39 is 0 Å². The summed E-state index contributed by atoms with van der Waals surface area (Å²) in [6.45, 7) is 2.87. The Morgan fingerprint density at radius 3 is 2.12 bits per heavy atom. The third-order valence-corrected chi connectivity index (χ3v) is 5.75. The quantitative estimate of drug-likeness (QED) is 0.449. The first-order chi connectivity index (χ1) is 15.6. The van der Waals surface area contributed by atoms with Gasteiger partial charge >= 0.3 is 6.03 Å². The predicted molar refractivity (Wildman–Crippen MR) is 127 cm³/mol. The number of fused-ring (bicyclic) bond motifs is 1. The van der Waals surface area contributed by atoms with Crippen LogP contribution in [0, 0.1) is 0 Å². The van der Waals surface area contributed by atoms with E-state index in [4.69, 9.17) is 9.47 Å². The van der Waals surface area contributed by atoms with Gasteiger partial charge in [0.15, 0.2) is 11.5 Å². The zero-order valence-electron chi connectivity index (χ0n) is 17.5. The van der Waals surface area contributed by atoms with Gasteiger partial charge < -0.3 is 25.4 Å². The van der Waals surface area contributed by atoms with Gasteiger partial charge in [-0.25, -0.2) is 4.79 Å². The van der Waals surface area contributed by atoms with Crippen LogP contribution in [0.4, 0.5) is 21.9 Å².